The van der Waals surface area contributed by atoms with E-state index in [4.69, 9.17) is 9.47 Å². The molecule has 0 saturated carbocycles. The molecule has 0 saturated heterocycles. The van der Waals surface area contributed by atoms with E-state index in [-0.39, 0.29) is 18.4 Å². The Bertz CT molecular complexity index is 749. The maximum absolute atomic E-state index is 12.1. The third-order valence-electron chi connectivity index (χ3n) is 3.21. The van der Waals surface area contributed by atoms with Gasteiger partial charge in [0.2, 0.25) is 5.91 Å². The quantitative estimate of drug-likeness (QED) is 0.792. The fourth-order valence-electron chi connectivity index (χ4n) is 2.00. The molecule has 24 heavy (non-hydrogen) atoms. The lowest BCUT2D eigenvalue weighted by atomic mass is 10.2. The molecule has 7 heteroatoms. The highest BCUT2D eigenvalue weighted by Gasteiger charge is 2.12. The van der Waals surface area contributed by atoms with Gasteiger partial charge < -0.3 is 20.1 Å². The number of nitrogens with one attached hydrogen (secondary N) is 2. The molecule has 0 aliphatic heterocycles. The lowest BCUT2D eigenvalue weighted by Crippen LogP contribution is -2.33. The molecule has 2 aromatic carbocycles. The van der Waals surface area contributed by atoms with E-state index >= 15 is 0 Å². The van der Waals surface area contributed by atoms with Crippen molar-refractivity contribution >= 4 is 33.4 Å². The van der Waals surface area contributed by atoms with E-state index in [1.807, 2.05) is 6.07 Å². The zero-order valence-corrected chi connectivity index (χ0v) is 14.8. The minimum absolute atomic E-state index is 0.157. The van der Waals surface area contributed by atoms with Crippen LogP contribution in [0.1, 0.15) is 10.4 Å². The molecule has 126 valence electrons. The van der Waals surface area contributed by atoms with E-state index in [0.717, 1.165) is 0 Å². The molecule has 6 nitrogen and oxygen atoms in total. The van der Waals surface area contributed by atoms with Gasteiger partial charge in [0.25, 0.3) is 5.91 Å². The first-order valence-corrected chi connectivity index (χ1v) is 7.89. The second-order valence-corrected chi connectivity index (χ2v) is 5.63. The van der Waals surface area contributed by atoms with Gasteiger partial charge in [-0.1, -0.05) is 12.1 Å². The summed E-state index contributed by atoms with van der Waals surface area (Å²) in [5, 5.41) is 5.26. The molecule has 0 atom stereocenters. The van der Waals surface area contributed by atoms with E-state index in [1.54, 1.807) is 43.5 Å². The van der Waals surface area contributed by atoms with Crippen LogP contribution in [0.3, 0.4) is 0 Å². The minimum Gasteiger partial charge on any atom is -0.497 e. The third kappa shape index (κ3) is 4.48. The van der Waals surface area contributed by atoms with Crippen LogP contribution >= 0.6 is 15.9 Å². The van der Waals surface area contributed by atoms with E-state index in [2.05, 4.69) is 26.6 Å². The van der Waals surface area contributed by atoms with Crippen LogP contribution in [0.5, 0.6) is 11.5 Å². The first-order valence-electron chi connectivity index (χ1n) is 7.09. The van der Waals surface area contributed by atoms with Crippen molar-refractivity contribution in [3.05, 3.63) is 52.5 Å². The molecule has 2 aromatic rings. The Balaban J connectivity index is 1.96. The number of hydrogen-bond donors (Lipinski definition) is 2. The molecule has 0 fully saturated rings. The maximum atomic E-state index is 12.1. The van der Waals surface area contributed by atoms with E-state index in [1.165, 1.54) is 7.11 Å². The second kappa shape index (κ2) is 8.35. The van der Waals surface area contributed by atoms with Gasteiger partial charge >= 0.3 is 0 Å². The number of hydrogen-bond acceptors (Lipinski definition) is 4. The summed E-state index contributed by atoms with van der Waals surface area (Å²) in [4.78, 5) is 24.1. The number of ether oxygens (including phenoxy) is 2. The molecule has 0 spiro atoms. The number of benzene rings is 2. The summed E-state index contributed by atoms with van der Waals surface area (Å²) in [6, 6.07) is 12.0. The topological polar surface area (TPSA) is 76.7 Å². The van der Waals surface area contributed by atoms with Crippen LogP contribution in [0.4, 0.5) is 5.69 Å². The average Bonchev–Trinajstić information content (AvgIpc) is 2.60. The summed E-state index contributed by atoms with van der Waals surface area (Å²) in [6.45, 7) is -0.157. The van der Waals surface area contributed by atoms with Crippen LogP contribution in [0.2, 0.25) is 0 Å². The fraction of sp³-hybridized carbons (Fsp3) is 0.176. The van der Waals surface area contributed by atoms with Gasteiger partial charge in [-0.15, -0.1) is 0 Å². The van der Waals surface area contributed by atoms with Gasteiger partial charge in [-0.25, -0.2) is 0 Å². The monoisotopic (exact) mass is 392 g/mol. The molecule has 0 aromatic heterocycles. The van der Waals surface area contributed by atoms with Crippen molar-refractivity contribution in [1.82, 2.24) is 5.32 Å². The van der Waals surface area contributed by atoms with Crippen LogP contribution in [0, 0.1) is 0 Å². The Morgan fingerprint density at radius 1 is 1.08 bits per heavy atom. The fourth-order valence-corrected chi connectivity index (χ4v) is 2.46. The molecule has 2 N–H and O–H groups in total. The zero-order valence-electron chi connectivity index (χ0n) is 13.3. The van der Waals surface area contributed by atoms with Gasteiger partial charge in [-0.3, -0.25) is 9.59 Å². The second-order valence-electron chi connectivity index (χ2n) is 4.78. The molecule has 0 aliphatic carbocycles. The average molecular weight is 393 g/mol. The SMILES string of the molecule is COc1ccc(NC(=O)CNC(=O)c2ccccc2Br)c(OC)c1. The number of carbonyl (C=O) groups is 2. The minimum atomic E-state index is -0.362. The van der Waals surface area contributed by atoms with Crippen LogP contribution in [-0.4, -0.2) is 32.6 Å². The molecular weight excluding hydrogens is 376 g/mol. The third-order valence-corrected chi connectivity index (χ3v) is 3.90. The van der Waals surface area contributed by atoms with Crippen molar-refractivity contribution in [1.29, 1.82) is 0 Å². The number of amides is 2. The van der Waals surface area contributed by atoms with Gasteiger partial charge in [0, 0.05) is 10.5 Å². The lowest BCUT2D eigenvalue weighted by molar-refractivity contribution is -0.115. The van der Waals surface area contributed by atoms with Crippen LogP contribution in [0.25, 0.3) is 0 Å². The van der Waals surface area contributed by atoms with Crippen molar-refractivity contribution in [3.8, 4) is 11.5 Å². The van der Waals surface area contributed by atoms with E-state index in [0.29, 0.717) is 27.2 Å². The van der Waals surface area contributed by atoms with Gasteiger partial charge in [0.15, 0.2) is 0 Å². The summed E-state index contributed by atoms with van der Waals surface area (Å²) < 4.78 is 11.0. The molecule has 2 rings (SSSR count). The number of carbonyl (C=O) groups excluding carboxylic acids is 2. The first-order chi connectivity index (χ1) is 11.5. The van der Waals surface area contributed by atoms with Crippen LogP contribution < -0.4 is 20.1 Å². The summed E-state index contributed by atoms with van der Waals surface area (Å²) in [7, 11) is 3.05. The highest BCUT2D eigenvalue weighted by molar-refractivity contribution is 9.10. The normalized spacial score (nSPS) is 9.96. The van der Waals surface area contributed by atoms with Crippen LogP contribution in [-0.2, 0) is 4.79 Å². The number of rotatable bonds is 6. The highest BCUT2D eigenvalue weighted by atomic mass is 79.9. The van der Waals surface area contributed by atoms with E-state index in [9.17, 15) is 9.59 Å². The van der Waals surface area contributed by atoms with Gasteiger partial charge in [-0.2, -0.15) is 0 Å². The molecule has 0 unspecified atom stereocenters. The Morgan fingerprint density at radius 3 is 2.50 bits per heavy atom. The van der Waals surface area contributed by atoms with Gasteiger partial charge in [0.1, 0.15) is 11.5 Å². The maximum Gasteiger partial charge on any atom is 0.252 e. The van der Waals surface area contributed by atoms with Crippen molar-refractivity contribution < 1.29 is 19.1 Å². The van der Waals surface area contributed by atoms with Crippen LogP contribution in [0.15, 0.2) is 46.9 Å². The zero-order chi connectivity index (χ0) is 17.5. The van der Waals surface area contributed by atoms with E-state index < -0.39 is 0 Å². The summed E-state index contributed by atoms with van der Waals surface area (Å²) in [5.74, 6) is 0.394. The summed E-state index contributed by atoms with van der Waals surface area (Å²) in [6.07, 6.45) is 0. The molecular formula is C17H17BrN2O4. The number of halogens is 1. The molecule has 0 radical (unpaired) electrons. The number of methoxy groups -OCH3 is 2. The number of anilines is 1. The van der Waals surface area contributed by atoms with Gasteiger partial charge in [-0.05, 0) is 40.2 Å². The van der Waals surface area contributed by atoms with Gasteiger partial charge in [0.05, 0.1) is 32.0 Å². The van der Waals surface area contributed by atoms with Crippen molar-refractivity contribution in [2.75, 3.05) is 26.1 Å². The molecule has 0 heterocycles. The van der Waals surface area contributed by atoms with Crippen molar-refractivity contribution in [3.63, 3.8) is 0 Å². The largest absolute Gasteiger partial charge is 0.497 e. The summed E-state index contributed by atoms with van der Waals surface area (Å²) >= 11 is 3.30. The predicted molar refractivity (Wildman–Crippen MR) is 94.7 cm³/mol. The predicted octanol–water partition coefficient (Wildman–Crippen LogP) is 2.83. The molecule has 0 aliphatic rings. The highest BCUT2D eigenvalue weighted by Crippen LogP contribution is 2.28. The first kappa shape index (κ1) is 17.8. The summed E-state index contributed by atoms with van der Waals surface area (Å²) in [5.41, 5.74) is 0.964. The Morgan fingerprint density at radius 2 is 1.83 bits per heavy atom. The lowest BCUT2D eigenvalue weighted by Gasteiger charge is -2.12. The standard InChI is InChI=1S/C17H17BrN2O4/c1-23-11-7-8-14(15(9-11)24-2)20-16(21)10-19-17(22)12-5-3-4-6-13(12)18/h3-9H,10H2,1-2H3,(H,19,22)(H,20,21). The molecule has 0 bridgehead atoms. The van der Waals surface area contributed by atoms with Crippen molar-refractivity contribution in [2.24, 2.45) is 0 Å². The smallest absolute Gasteiger partial charge is 0.252 e. The molecule has 2 amide bonds. The van der Waals surface area contributed by atoms with Crippen molar-refractivity contribution in [2.45, 2.75) is 0 Å². The Hall–Kier alpha value is -2.54. The Kier molecular flexibility index (Phi) is 6.20. The Labute approximate surface area is 148 Å².